The maximum atomic E-state index is 11.3. The van der Waals surface area contributed by atoms with E-state index < -0.39 is 5.60 Å². The summed E-state index contributed by atoms with van der Waals surface area (Å²) in [5.41, 5.74) is 6.12. The van der Waals surface area contributed by atoms with Crippen molar-refractivity contribution >= 4 is 0 Å². The van der Waals surface area contributed by atoms with E-state index in [1.54, 1.807) is 0 Å². The van der Waals surface area contributed by atoms with Gasteiger partial charge in [-0.25, -0.2) is 0 Å². The Hall–Kier alpha value is -0.0800. The molecule has 0 amide bonds. The predicted octanol–water partition coefficient (Wildman–Crippen LogP) is 3.86. The molecule has 2 aliphatic carbocycles. The molecule has 2 heteroatoms. The minimum atomic E-state index is -0.489. The first-order valence-electron chi connectivity index (χ1n) is 8.29. The number of hydrogen-bond donors (Lipinski definition) is 2. The van der Waals surface area contributed by atoms with Crippen LogP contribution in [0.4, 0.5) is 0 Å². The second kappa shape index (κ2) is 5.37. The summed E-state index contributed by atoms with van der Waals surface area (Å²) in [4.78, 5) is 0. The van der Waals surface area contributed by atoms with Crippen LogP contribution in [0.5, 0.6) is 0 Å². The van der Waals surface area contributed by atoms with E-state index in [1.165, 1.54) is 32.1 Å². The Morgan fingerprint density at radius 3 is 2.26 bits per heavy atom. The third-order valence-corrected chi connectivity index (χ3v) is 6.35. The zero-order valence-electron chi connectivity index (χ0n) is 13.2. The molecule has 0 aromatic rings. The molecule has 2 saturated carbocycles. The van der Waals surface area contributed by atoms with Crippen LogP contribution < -0.4 is 5.73 Å². The Kier molecular flexibility index (Phi) is 4.32. The second-order valence-corrected chi connectivity index (χ2v) is 8.05. The molecule has 0 heterocycles. The third-order valence-electron chi connectivity index (χ3n) is 6.35. The van der Waals surface area contributed by atoms with Crippen LogP contribution in [0.25, 0.3) is 0 Å². The SMILES string of the molecule is CCC1CCCC(O)(C2(CN)CCC(C)(C)CC2)C1. The van der Waals surface area contributed by atoms with Gasteiger partial charge in [-0.15, -0.1) is 0 Å². The summed E-state index contributed by atoms with van der Waals surface area (Å²) in [5, 5.41) is 11.3. The van der Waals surface area contributed by atoms with Gasteiger partial charge in [0.05, 0.1) is 5.60 Å². The quantitative estimate of drug-likeness (QED) is 0.815. The van der Waals surface area contributed by atoms with Crippen LogP contribution in [0.15, 0.2) is 0 Å². The molecular formula is C17H33NO. The van der Waals surface area contributed by atoms with E-state index in [0.29, 0.717) is 17.9 Å². The average molecular weight is 267 g/mol. The summed E-state index contributed by atoms with van der Waals surface area (Å²) >= 11 is 0. The highest BCUT2D eigenvalue weighted by Gasteiger charge is 2.53. The van der Waals surface area contributed by atoms with Gasteiger partial charge in [0, 0.05) is 12.0 Å². The molecule has 2 atom stereocenters. The van der Waals surface area contributed by atoms with Crippen molar-refractivity contribution in [1.82, 2.24) is 0 Å². The fourth-order valence-corrected chi connectivity index (χ4v) is 4.46. The molecule has 3 N–H and O–H groups in total. The Morgan fingerprint density at radius 2 is 1.74 bits per heavy atom. The van der Waals surface area contributed by atoms with Crippen LogP contribution >= 0.6 is 0 Å². The lowest BCUT2D eigenvalue weighted by molar-refractivity contribution is -0.142. The van der Waals surface area contributed by atoms with E-state index in [-0.39, 0.29) is 5.41 Å². The molecule has 0 spiro atoms. The van der Waals surface area contributed by atoms with Gasteiger partial charge in [-0.3, -0.25) is 0 Å². The molecule has 0 radical (unpaired) electrons. The van der Waals surface area contributed by atoms with Crippen LogP contribution in [-0.4, -0.2) is 17.3 Å². The summed E-state index contributed by atoms with van der Waals surface area (Å²) in [7, 11) is 0. The molecular weight excluding hydrogens is 234 g/mol. The Morgan fingerprint density at radius 1 is 1.11 bits per heavy atom. The first kappa shape index (κ1) is 15.3. The highest BCUT2D eigenvalue weighted by atomic mass is 16.3. The molecule has 0 aromatic carbocycles. The van der Waals surface area contributed by atoms with Gasteiger partial charge in [-0.1, -0.05) is 40.0 Å². The lowest BCUT2D eigenvalue weighted by atomic mass is 9.54. The van der Waals surface area contributed by atoms with Crippen molar-refractivity contribution in [3.8, 4) is 0 Å². The standard InChI is InChI=1S/C17H33NO/c1-4-14-6-5-7-17(19,12-14)16(13-18)10-8-15(2,3)9-11-16/h14,19H,4-13,18H2,1-3H3. The lowest BCUT2D eigenvalue weighted by Gasteiger charge is -2.55. The molecule has 0 aliphatic heterocycles. The van der Waals surface area contributed by atoms with Crippen LogP contribution in [-0.2, 0) is 0 Å². The Labute approximate surface area is 119 Å². The van der Waals surface area contributed by atoms with Gasteiger partial charge in [-0.2, -0.15) is 0 Å². The summed E-state index contributed by atoms with van der Waals surface area (Å²) in [6, 6.07) is 0. The van der Waals surface area contributed by atoms with Gasteiger partial charge >= 0.3 is 0 Å². The summed E-state index contributed by atoms with van der Waals surface area (Å²) < 4.78 is 0. The molecule has 2 nitrogen and oxygen atoms in total. The minimum Gasteiger partial charge on any atom is -0.389 e. The van der Waals surface area contributed by atoms with Crippen molar-refractivity contribution in [2.24, 2.45) is 22.5 Å². The van der Waals surface area contributed by atoms with E-state index in [4.69, 9.17) is 5.73 Å². The monoisotopic (exact) mass is 267 g/mol. The van der Waals surface area contributed by atoms with Crippen molar-refractivity contribution in [1.29, 1.82) is 0 Å². The normalized spacial score (nSPS) is 38.1. The van der Waals surface area contributed by atoms with E-state index in [2.05, 4.69) is 20.8 Å². The molecule has 19 heavy (non-hydrogen) atoms. The van der Waals surface area contributed by atoms with Crippen molar-refractivity contribution in [2.45, 2.75) is 84.2 Å². The predicted molar refractivity (Wildman–Crippen MR) is 80.9 cm³/mol. The number of rotatable bonds is 3. The molecule has 0 saturated heterocycles. The first-order valence-corrected chi connectivity index (χ1v) is 8.29. The first-order chi connectivity index (χ1) is 8.86. The maximum Gasteiger partial charge on any atom is 0.0718 e. The fourth-order valence-electron chi connectivity index (χ4n) is 4.46. The molecule has 112 valence electrons. The molecule has 2 fully saturated rings. The second-order valence-electron chi connectivity index (χ2n) is 8.05. The topological polar surface area (TPSA) is 46.2 Å². The average Bonchev–Trinajstić information content (AvgIpc) is 2.39. The zero-order valence-corrected chi connectivity index (χ0v) is 13.2. The van der Waals surface area contributed by atoms with Crippen molar-refractivity contribution in [2.75, 3.05) is 6.54 Å². The molecule has 0 bridgehead atoms. The highest BCUT2D eigenvalue weighted by Crippen LogP contribution is 2.55. The number of aliphatic hydroxyl groups is 1. The minimum absolute atomic E-state index is 0.00361. The van der Waals surface area contributed by atoms with Crippen LogP contribution in [0.2, 0.25) is 0 Å². The van der Waals surface area contributed by atoms with E-state index in [1.807, 2.05) is 0 Å². The van der Waals surface area contributed by atoms with Crippen molar-refractivity contribution in [3.63, 3.8) is 0 Å². The van der Waals surface area contributed by atoms with Gasteiger partial charge < -0.3 is 10.8 Å². The highest BCUT2D eigenvalue weighted by molar-refractivity contribution is 5.05. The Bertz CT molecular complexity index is 302. The van der Waals surface area contributed by atoms with Crippen molar-refractivity contribution < 1.29 is 5.11 Å². The summed E-state index contributed by atoms with van der Waals surface area (Å²) in [6.07, 6.45) is 10.3. The van der Waals surface area contributed by atoms with Crippen LogP contribution in [0.3, 0.4) is 0 Å². The fraction of sp³-hybridized carbons (Fsp3) is 1.00. The van der Waals surface area contributed by atoms with Crippen LogP contribution in [0.1, 0.15) is 78.6 Å². The number of nitrogens with two attached hydrogens (primary N) is 1. The zero-order chi connectivity index (χ0) is 14.1. The van der Waals surface area contributed by atoms with Gasteiger partial charge in [-0.05, 0) is 49.9 Å². The van der Waals surface area contributed by atoms with Crippen molar-refractivity contribution in [3.05, 3.63) is 0 Å². The van der Waals surface area contributed by atoms with Crippen LogP contribution in [0, 0.1) is 16.7 Å². The van der Waals surface area contributed by atoms with E-state index >= 15 is 0 Å². The smallest absolute Gasteiger partial charge is 0.0718 e. The summed E-state index contributed by atoms with van der Waals surface area (Å²) in [5.74, 6) is 0.706. The van der Waals surface area contributed by atoms with Gasteiger partial charge in [0.25, 0.3) is 0 Å². The summed E-state index contributed by atoms with van der Waals surface area (Å²) in [6.45, 7) is 7.63. The molecule has 2 rings (SSSR count). The Balaban J connectivity index is 2.16. The van der Waals surface area contributed by atoms with E-state index in [0.717, 1.165) is 25.7 Å². The van der Waals surface area contributed by atoms with Gasteiger partial charge in [0.2, 0.25) is 0 Å². The van der Waals surface area contributed by atoms with E-state index in [9.17, 15) is 5.11 Å². The third kappa shape index (κ3) is 2.85. The maximum absolute atomic E-state index is 11.3. The molecule has 0 aromatic heterocycles. The molecule has 2 unspecified atom stereocenters. The lowest BCUT2D eigenvalue weighted by Crippen LogP contribution is -2.57. The van der Waals surface area contributed by atoms with Gasteiger partial charge in [0.1, 0.15) is 0 Å². The van der Waals surface area contributed by atoms with Gasteiger partial charge in [0.15, 0.2) is 0 Å². The molecule has 2 aliphatic rings. The number of hydrogen-bond acceptors (Lipinski definition) is 2. The largest absolute Gasteiger partial charge is 0.389 e.